The predicted octanol–water partition coefficient (Wildman–Crippen LogP) is 4.33. The highest BCUT2D eigenvalue weighted by molar-refractivity contribution is 5.50. The van der Waals surface area contributed by atoms with E-state index in [1.165, 1.54) is 12.1 Å². The minimum atomic E-state index is -4.57. The van der Waals surface area contributed by atoms with Gasteiger partial charge in [-0.3, -0.25) is 0 Å². The average Bonchev–Trinajstić information content (AvgIpc) is 2.58. The zero-order chi connectivity index (χ0) is 18.9. The first kappa shape index (κ1) is 18.4. The highest BCUT2D eigenvalue weighted by atomic mass is 19.4. The zero-order valence-corrected chi connectivity index (χ0v) is 14.6. The molecule has 2 heterocycles. The van der Waals surface area contributed by atoms with Crippen molar-refractivity contribution in [2.75, 3.05) is 23.3 Å². The van der Waals surface area contributed by atoms with Crippen LogP contribution in [0.4, 0.5) is 29.1 Å². The van der Waals surface area contributed by atoms with Gasteiger partial charge in [0.1, 0.15) is 11.6 Å². The van der Waals surface area contributed by atoms with Crippen molar-refractivity contribution in [3.8, 4) is 0 Å². The minimum absolute atomic E-state index is 0.0400. The van der Waals surface area contributed by atoms with E-state index in [-0.39, 0.29) is 11.9 Å². The number of nitrogens with zero attached hydrogens (tertiary/aromatic N) is 3. The Morgan fingerprint density at radius 2 is 1.81 bits per heavy atom. The molecule has 0 radical (unpaired) electrons. The number of benzene rings is 1. The second kappa shape index (κ2) is 7.09. The Hall–Kier alpha value is -2.38. The van der Waals surface area contributed by atoms with Gasteiger partial charge in [0.15, 0.2) is 0 Å². The monoisotopic (exact) mass is 368 g/mol. The maximum Gasteiger partial charge on any atom is 0.451 e. The molecule has 1 unspecified atom stereocenters. The number of aromatic nitrogens is 2. The highest BCUT2D eigenvalue weighted by Crippen LogP contribution is 2.31. The number of halogens is 4. The van der Waals surface area contributed by atoms with Crippen molar-refractivity contribution in [2.45, 2.75) is 38.9 Å². The van der Waals surface area contributed by atoms with Gasteiger partial charge in [-0.2, -0.15) is 13.2 Å². The molecule has 0 saturated carbocycles. The molecule has 1 aliphatic rings. The fourth-order valence-electron chi connectivity index (χ4n) is 3.12. The number of alkyl halides is 3. The maximum atomic E-state index is 13.1. The van der Waals surface area contributed by atoms with Gasteiger partial charge < -0.3 is 10.2 Å². The van der Waals surface area contributed by atoms with Gasteiger partial charge in [-0.25, -0.2) is 14.4 Å². The summed E-state index contributed by atoms with van der Waals surface area (Å²) < 4.78 is 52.2. The summed E-state index contributed by atoms with van der Waals surface area (Å²) in [5.74, 6) is -1.09. The van der Waals surface area contributed by atoms with Crippen LogP contribution in [-0.4, -0.2) is 29.1 Å². The van der Waals surface area contributed by atoms with Crippen LogP contribution in [0.3, 0.4) is 0 Å². The number of nitrogens with one attached hydrogen (secondary N) is 1. The summed E-state index contributed by atoms with van der Waals surface area (Å²) in [7, 11) is 0. The smallest absolute Gasteiger partial charge is 0.381 e. The lowest BCUT2D eigenvalue weighted by atomic mass is 10.0. The Morgan fingerprint density at radius 3 is 2.46 bits per heavy atom. The maximum absolute atomic E-state index is 13.1. The van der Waals surface area contributed by atoms with E-state index in [9.17, 15) is 17.6 Å². The summed E-state index contributed by atoms with van der Waals surface area (Å²) in [5.41, 5.74) is 1.76. The first-order valence-electron chi connectivity index (χ1n) is 8.43. The van der Waals surface area contributed by atoms with Crippen LogP contribution in [0.2, 0.25) is 0 Å². The molecule has 3 rings (SSSR count). The molecule has 4 nitrogen and oxygen atoms in total. The van der Waals surface area contributed by atoms with E-state index >= 15 is 0 Å². The fraction of sp³-hybridized carbons (Fsp3) is 0.444. The number of hydrogen-bond donors (Lipinski definition) is 1. The standard InChI is InChI=1S/C18H20F4N4/c1-11-12(2)23-17(18(20,21)22)25-16(11)26-9-3-4-15(10-26)24-14-7-5-13(19)6-8-14/h5-8,15,24H,3-4,9-10H2,1-2H3. The van der Waals surface area contributed by atoms with Crippen molar-refractivity contribution in [3.05, 3.63) is 47.2 Å². The van der Waals surface area contributed by atoms with Crippen LogP contribution in [-0.2, 0) is 6.18 Å². The van der Waals surface area contributed by atoms with Gasteiger partial charge in [0.25, 0.3) is 0 Å². The Morgan fingerprint density at radius 1 is 1.12 bits per heavy atom. The largest absolute Gasteiger partial charge is 0.451 e. The van der Waals surface area contributed by atoms with E-state index in [2.05, 4.69) is 15.3 Å². The second-order valence-electron chi connectivity index (χ2n) is 6.52. The van der Waals surface area contributed by atoms with Crippen molar-refractivity contribution >= 4 is 11.5 Å². The van der Waals surface area contributed by atoms with Gasteiger partial charge in [0.05, 0.1) is 0 Å². The molecule has 2 aromatic rings. The summed E-state index contributed by atoms with van der Waals surface area (Å²) in [4.78, 5) is 9.24. The highest BCUT2D eigenvalue weighted by Gasteiger charge is 2.36. The molecule has 140 valence electrons. The molecule has 1 N–H and O–H groups in total. The van der Waals surface area contributed by atoms with Gasteiger partial charge in [-0.1, -0.05) is 0 Å². The molecule has 8 heteroatoms. The van der Waals surface area contributed by atoms with E-state index < -0.39 is 12.0 Å². The van der Waals surface area contributed by atoms with Crippen LogP contribution in [0.25, 0.3) is 0 Å². The summed E-state index contributed by atoms with van der Waals surface area (Å²) >= 11 is 0. The number of anilines is 2. The SMILES string of the molecule is Cc1nc(C(F)(F)F)nc(N2CCCC(Nc3ccc(F)cc3)C2)c1C. The molecule has 1 atom stereocenters. The van der Waals surface area contributed by atoms with Crippen molar-refractivity contribution in [2.24, 2.45) is 0 Å². The lowest BCUT2D eigenvalue weighted by Gasteiger charge is -2.35. The molecule has 1 fully saturated rings. The number of rotatable bonds is 3. The minimum Gasteiger partial charge on any atom is -0.381 e. The summed E-state index contributed by atoms with van der Waals surface area (Å²) in [6.45, 7) is 4.46. The van der Waals surface area contributed by atoms with Crippen LogP contribution in [0.5, 0.6) is 0 Å². The molecular weight excluding hydrogens is 348 g/mol. The van der Waals surface area contributed by atoms with Crippen LogP contribution in [0.1, 0.15) is 29.9 Å². The third kappa shape index (κ3) is 4.05. The van der Waals surface area contributed by atoms with Gasteiger partial charge in [0, 0.05) is 36.1 Å². The molecule has 0 bridgehead atoms. The van der Waals surface area contributed by atoms with Gasteiger partial charge in [-0.15, -0.1) is 0 Å². The number of aryl methyl sites for hydroxylation is 1. The molecule has 1 aliphatic heterocycles. The van der Waals surface area contributed by atoms with E-state index in [0.29, 0.717) is 30.2 Å². The van der Waals surface area contributed by atoms with Crippen molar-refractivity contribution < 1.29 is 17.6 Å². The van der Waals surface area contributed by atoms with E-state index in [1.807, 2.05) is 4.90 Å². The summed E-state index contributed by atoms with van der Waals surface area (Å²) in [5, 5.41) is 3.31. The van der Waals surface area contributed by atoms with Crippen molar-refractivity contribution in [3.63, 3.8) is 0 Å². The van der Waals surface area contributed by atoms with Crippen molar-refractivity contribution in [1.82, 2.24) is 9.97 Å². The lowest BCUT2D eigenvalue weighted by Crippen LogP contribution is -2.43. The van der Waals surface area contributed by atoms with Crippen LogP contribution in [0.15, 0.2) is 24.3 Å². The topological polar surface area (TPSA) is 41.1 Å². The van der Waals surface area contributed by atoms with Gasteiger partial charge in [-0.05, 0) is 51.0 Å². The predicted molar refractivity (Wildman–Crippen MR) is 91.8 cm³/mol. The van der Waals surface area contributed by atoms with Crippen LogP contribution >= 0.6 is 0 Å². The van der Waals surface area contributed by atoms with E-state index in [0.717, 1.165) is 18.5 Å². The molecule has 1 aromatic heterocycles. The van der Waals surface area contributed by atoms with Gasteiger partial charge in [0.2, 0.25) is 5.82 Å². The first-order valence-corrected chi connectivity index (χ1v) is 8.43. The van der Waals surface area contributed by atoms with Crippen LogP contribution < -0.4 is 10.2 Å². The molecular formula is C18H20F4N4. The molecule has 26 heavy (non-hydrogen) atoms. The fourth-order valence-corrected chi connectivity index (χ4v) is 3.12. The normalized spacial score (nSPS) is 18.1. The number of piperidine rings is 1. The molecule has 1 saturated heterocycles. The Labute approximate surface area is 149 Å². The van der Waals surface area contributed by atoms with Gasteiger partial charge >= 0.3 is 6.18 Å². The zero-order valence-electron chi connectivity index (χ0n) is 14.6. The van der Waals surface area contributed by atoms with Crippen LogP contribution in [0, 0.1) is 19.7 Å². The molecule has 0 amide bonds. The second-order valence-corrected chi connectivity index (χ2v) is 6.52. The number of hydrogen-bond acceptors (Lipinski definition) is 4. The molecule has 0 spiro atoms. The average molecular weight is 368 g/mol. The Balaban J connectivity index is 1.81. The third-order valence-electron chi connectivity index (χ3n) is 4.55. The summed E-state index contributed by atoms with van der Waals surface area (Å²) in [6.07, 6.45) is -2.87. The lowest BCUT2D eigenvalue weighted by molar-refractivity contribution is -0.145. The molecule has 1 aromatic carbocycles. The first-order chi connectivity index (χ1) is 12.2. The Kier molecular flexibility index (Phi) is 5.02. The third-order valence-corrected chi connectivity index (χ3v) is 4.55. The molecule has 0 aliphatic carbocycles. The van der Waals surface area contributed by atoms with Crippen molar-refractivity contribution in [1.29, 1.82) is 0 Å². The van der Waals surface area contributed by atoms with E-state index in [4.69, 9.17) is 0 Å². The summed E-state index contributed by atoms with van der Waals surface area (Å²) in [6, 6.07) is 6.08. The van der Waals surface area contributed by atoms with E-state index in [1.54, 1.807) is 26.0 Å². The Bertz CT molecular complexity index is 774. The quantitative estimate of drug-likeness (QED) is 0.819.